The largest absolute Gasteiger partial charge is 0.504 e. The predicted octanol–water partition coefficient (Wildman–Crippen LogP) is 2.36. The maximum absolute atomic E-state index is 12.8. The lowest BCUT2D eigenvalue weighted by atomic mass is 9.97. The molecule has 1 aromatic carbocycles. The molecule has 0 aromatic heterocycles. The molecule has 0 aliphatic heterocycles. The molecule has 2 atom stereocenters. The summed E-state index contributed by atoms with van der Waals surface area (Å²) in [6.45, 7) is 0. The summed E-state index contributed by atoms with van der Waals surface area (Å²) in [5.41, 5.74) is 5.58. The van der Waals surface area contributed by atoms with E-state index < -0.39 is 20.8 Å². The van der Waals surface area contributed by atoms with Crippen LogP contribution in [0.3, 0.4) is 0 Å². The summed E-state index contributed by atoms with van der Waals surface area (Å²) in [7, 11) is -2.29. The lowest BCUT2D eigenvalue weighted by Crippen LogP contribution is -2.38. The minimum atomic E-state index is -3.79. The van der Waals surface area contributed by atoms with Crippen molar-refractivity contribution >= 4 is 27.1 Å². The van der Waals surface area contributed by atoms with Gasteiger partial charge in [-0.1, -0.05) is 24.4 Å². The average Bonchev–Trinajstić information content (AvgIpc) is 2.43. The van der Waals surface area contributed by atoms with Crippen molar-refractivity contribution in [3.8, 4) is 5.75 Å². The van der Waals surface area contributed by atoms with Crippen LogP contribution in [0.4, 0.5) is 5.69 Å². The molecule has 1 aliphatic carbocycles. The molecule has 1 saturated carbocycles. The Morgan fingerprint density at radius 2 is 2.00 bits per heavy atom. The van der Waals surface area contributed by atoms with Crippen LogP contribution >= 0.6 is 11.6 Å². The Labute approximate surface area is 123 Å². The number of halogens is 1. The summed E-state index contributed by atoms with van der Waals surface area (Å²) >= 11 is 5.96. The fourth-order valence-electron chi connectivity index (χ4n) is 2.67. The minimum Gasteiger partial charge on any atom is -0.504 e. The molecule has 5 nitrogen and oxygen atoms in total. The van der Waals surface area contributed by atoms with Crippen molar-refractivity contribution in [3.63, 3.8) is 0 Å². The molecule has 0 amide bonds. The molecule has 7 heteroatoms. The Morgan fingerprint density at radius 1 is 1.35 bits per heavy atom. The number of phenolic OH excluding ortho intramolecular Hbond substituents is 1. The third-order valence-electron chi connectivity index (χ3n) is 3.74. The molecular formula is C13H18ClNO4S. The molecule has 20 heavy (non-hydrogen) atoms. The molecule has 1 aliphatic rings. The lowest BCUT2D eigenvalue weighted by molar-refractivity contribution is 0.0737. The molecule has 1 aromatic rings. The summed E-state index contributed by atoms with van der Waals surface area (Å²) in [4.78, 5) is -0.284. The molecule has 0 bridgehead atoms. The van der Waals surface area contributed by atoms with Crippen LogP contribution in [-0.4, -0.2) is 32.0 Å². The van der Waals surface area contributed by atoms with Gasteiger partial charge in [0.2, 0.25) is 0 Å². The van der Waals surface area contributed by atoms with Gasteiger partial charge in [-0.15, -0.1) is 0 Å². The van der Waals surface area contributed by atoms with Crippen molar-refractivity contribution in [2.75, 3.05) is 12.8 Å². The number of hydrogen-bond donors (Lipinski definition) is 2. The topological polar surface area (TPSA) is 89.6 Å². The molecule has 0 spiro atoms. The van der Waals surface area contributed by atoms with Gasteiger partial charge >= 0.3 is 0 Å². The number of rotatable bonds is 3. The van der Waals surface area contributed by atoms with Crippen LogP contribution in [-0.2, 0) is 14.6 Å². The summed E-state index contributed by atoms with van der Waals surface area (Å²) in [5, 5.41) is 9.26. The maximum Gasteiger partial charge on any atom is 0.188 e. The number of phenols is 1. The number of methoxy groups -OCH3 is 1. The molecule has 0 heterocycles. The molecule has 3 N–H and O–H groups in total. The van der Waals surface area contributed by atoms with Gasteiger partial charge in [-0.25, -0.2) is 8.42 Å². The Balaban J connectivity index is 2.52. The highest BCUT2D eigenvalue weighted by molar-refractivity contribution is 7.92. The first kappa shape index (κ1) is 15.4. The predicted molar refractivity (Wildman–Crippen MR) is 77.8 cm³/mol. The second-order valence-corrected chi connectivity index (χ2v) is 7.47. The van der Waals surface area contributed by atoms with Gasteiger partial charge in [0, 0.05) is 7.11 Å². The molecule has 0 unspecified atom stereocenters. The minimum absolute atomic E-state index is 0.00208. The highest BCUT2D eigenvalue weighted by atomic mass is 35.5. The Bertz CT molecular complexity index is 603. The van der Waals surface area contributed by atoms with Crippen molar-refractivity contribution in [1.82, 2.24) is 0 Å². The second kappa shape index (κ2) is 5.79. The summed E-state index contributed by atoms with van der Waals surface area (Å²) in [6, 6.07) is 2.76. The van der Waals surface area contributed by atoms with Crippen LogP contribution in [0.2, 0.25) is 5.02 Å². The average molecular weight is 320 g/mol. The summed E-state index contributed by atoms with van der Waals surface area (Å²) < 4.78 is 30.8. The van der Waals surface area contributed by atoms with Crippen molar-refractivity contribution in [1.29, 1.82) is 0 Å². The smallest absolute Gasteiger partial charge is 0.188 e. The first-order valence-corrected chi connectivity index (χ1v) is 8.35. The zero-order valence-corrected chi connectivity index (χ0v) is 12.7. The van der Waals surface area contributed by atoms with Crippen LogP contribution in [0.15, 0.2) is 17.0 Å². The third kappa shape index (κ3) is 2.60. The van der Waals surface area contributed by atoms with Gasteiger partial charge in [-0.2, -0.15) is 0 Å². The van der Waals surface area contributed by atoms with E-state index in [0.29, 0.717) is 12.8 Å². The number of hydrogen-bond acceptors (Lipinski definition) is 5. The van der Waals surface area contributed by atoms with Crippen LogP contribution in [0.1, 0.15) is 25.7 Å². The van der Waals surface area contributed by atoms with E-state index in [1.165, 1.54) is 19.2 Å². The number of sulfone groups is 1. The second-order valence-electron chi connectivity index (χ2n) is 4.96. The van der Waals surface area contributed by atoms with Crippen LogP contribution < -0.4 is 5.73 Å². The van der Waals surface area contributed by atoms with E-state index in [-0.39, 0.29) is 21.7 Å². The molecular weight excluding hydrogens is 302 g/mol. The normalized spacial score (nSPS) is 23.7. The van der Waals surface area contributed by atoms with Gasteiger partial charge in [0.1, 0.15) is 4.90 Å². The molecule has 0 radical (unpaired) electrons. The number of aromatic hydroxyl groups is 1. The van der Waals surface area contributed by atoms with E-state index in [9.17, 15) is 13.5 Å². The summed E-state index contributed by atoms with van der Waals surface area (Å²) in [5.74, 6) is -0.474. The fourth-order valence-corrected chi connectivity index (χ4v) is 5.30. The van der Waals surface area contributed by atoms with Gasteiger partial charge in [0.25, 0.3) is 0 Å². The highest BCUT2D eigenvalue weighted by Crippen LogP contribution is 2.40. The molecule has 2 rings (SSSR count). The van der Waals surface area contributed by atoms with E-state index in [1.807, 2.05) is 0 Å². The van der Waals surface area contributed by atoms with Gasteiger partial charge in [0.05, 0.1) is 22.1 Å². The van der Waals surface area contributed by atoms with Crippen molar-refractivity contribution in [2.24, 2.45) is 0 Å². The van der Waals surface area contributed by atoms with E-state index in [4.69, 9.17) is 22.1 Å². The highest BCUT2D eigenvalue weighted by Gasteiger charge is 2.39. The zero-order chi connectivity index (χ0) is 14.9. The van der Waals surface area contributed by atoms with Gasteiger partial charge in [-0.05, 0) is 25.0 Å². The SMILES string of the molecule is CO[C@@H]1CCCC[C@H]1S(=O)(=O)c1c(Cl)ccc(N)c1O. The quantitative estimate of drug-likeness (QED) is 0.659. The van der Waals surface area contributed by atoms with E-state index in [1.54, 1.807) is 0 Å². The van der Waals surface area contributed by atoms with Crippen molar-refractivity contribution in [3.05, 3.63) is 17.2 Å². The summed E-state index contributed by atoms with van der Waals surface area (Å²) in [6.07, 6.45) is 2.53. The first-order chi connectivity index (χ1) is 9.39. The van der Waals surface area contributed by atoms with Crippen LogP contribution in [0.25, 0.3) is 0 Å². The fraction of sp³-hybridized carbons (Fsp3) is 0.538. The van der Waals surface area contributed by atoms with Crippen LogP contribution in [0.5, 0.6) is 5.75 Å². The van der Waals surface area contributed by atoms with Crippen LogP contribution in [0, 0.1) is 0 Å². The number of anilines is 1. The molecule has 112 valence electrons. The third-order valence-corrected chi connectivity index (χ3v) is 6.49. The standard InChI is InChI=1S/C13H18ClNO4S/c1-19-10-4-2-3-5-11(10)20(17,18)13-8(14)6-7-9(15)12(13)16/h6-7,10-11,16H,2-5,15H2,1H3/t10-,11-/m1/s1. The Morgan fingerprint density at radius 3 is 2.65 bits per heavy atom. The van der Waals surface area contributed by atoms with E-state index >= 15 is 0 Å². The zero-order valence-electron chi connectivity index (χ0n) is 11.2. The molecule has 0 saturated heterocycles. The first-order valence-electron chi connectivity index (χ1n) is 6.43. The van der Waals surface area contributed by atoms with Crippen molar-refractivity contribution in [2.45, 2.75) is 41.9 Å². The lowest BCUT2D eigenvalue weighted by Gasteiger charge is -2.30. The number of benzene rings is 1. The Hall–Kier alpha value is -0.980. The maximum atomic E-state index is 12.8. The Kier molecular flexibility index (Phi) is 4.46. The van der Waals surface area contributed by atoms with E-state index in [0.717, 1.165) is 12.8 Å². The number of nitrogen functional groups attached to an aromatic ring is 1. The monoisotopic (exact) mass is 319 g/mol. The number of nitrogens with two attached hydrogens (primary N) is 1. The van der Waals surface area contributed by atoms with Gasteiger partial charge in [0.15, 0.2) is 15.6 Å². The van der Waals surface area contributed by atoms with Crippen molar-refractivity contribution < 1.29 is 18.3 Å². The van der Waals surface area contributed by atoms with Gasteiger partial charge < -0.3 is 15.6 Å². The molecule has 1 fully saturated rings. The van der Waals surface area contributed by atoms with E-state index in [2.05, 4.69) is 0 Å². The number of ether oxygens (including phenoxy) is 1. The van der Waals surface area contributed by atoms with Gasteiger partial charge in [-0.3, -0.25) is 0 Å².